The van der Waals surface area contributed by atoms with E-state index < -0.39 is 0 Å². The predicted molar refractivity (Wildman–Crippen MR) is 109 cm³/mol. The molecule has 2 amide bonds. The van der Waals surface area contributed by atoms with Crippen LogP contribution in [0.25, 0.3) is 0 Å². The fourth-order valence-corrected chi connectivity index (χ4v) is 3.82. The minimum atomic E-state index is -0.302. The number of allylic oxidation sites excluding steroid dienone is 1. The van der Waals surface area contributed by atoms with Crippen LogP contribution in [0.5, 0.6) is 5.75 Å². The zero-order valence-electron chi connectivity index (χ0n) is 15.3. The first-order chi connectivity index (χ1) is 13.6. The van der Waals surface area contributed by atoms with Gasteiger partial charge in [-0.2, -0.15) is 5.26 Å². The molecule has 142 valence electrons. The zero-order chi connectivity index (χ0) is 19.9. The van der Waals surface area contributed by atoms with Gasteiger partial charge < -0.3 is 15.4 Å². The molecule has 1 atom stereocenters. The summed E-state index contributed by atoms with van der Waals surface area (Å²) in [6, 6.07) is 18.7. The van der Waals surface area contributed by atoms with E-state index in [0.29, 0.717) is 22.0 Å². The van der Waals surface area contributed by atoms with Gasteiger partial charge in [-0.1, -0.05) is 48.2 Å². The molecule has 2 aromatic rings. The van der Waals surface area contributed by atoms with E-state index in [4.69, 9.17) is 4.74 Å². The Morgan fingerprint density at radius 3 is 2.79 bits per heavy atom. The van der Waals surface area contributed by atoms with Gasteiger partial charge >= 0.3 is 0 Å². The first-order valence-corrected chi connectivity index (χ1v) is 9.65. The fourth-order valence-electron chi connectivity index (χ4n) is 2.94. The van der Waals surface area contributed by atoms with Gasteiger partial charge in [-0.15, -0.1) is 0 Å². The topological polar surface area (TPSA) is 91.2 Å². The van der Waals surface area contributed by atoms with Crippen LogP contribution in [0, 0.1) is 11.3 Å². The van der Waals surface area contributed by atoms with Crippen molar-refractivity contribution in [3.8, 4) is 11.8 Å². The highest BCUT2D eigenvalue weighted by atomic mass is 32.2. The number of hydrogen-bond donors (Lipinski definition) is 2. The Labute approximate surface area is 167 Å². The van der Waals surface area contributed by atoms with Crippen LogP contribution in [-0.2, 0) is 9.59 Å². The summed E-state index contributed by atoms with van der Waals surface area (Å²) < 4.78 is 5.14. The molecule has 2 N–H and O–H groups in total. The summed E-state index contributed by atoms with van der Waals surface area (Å²) in [5.41, 5.74) is 2.01. The average molecular weight is 393 g/mol. The van der Waals surface area contributed by atoms with Crippen molar-refractivity contribution in [2.24, 2.45) is 0 Å². The van der Waals surface area contributed by atoms with E-state index in [2.05, 4.69) is 16.7 Å². The maximum Gasteiger partial charge on any atom is 0.234 e. The molecule has 1 heterocycles. The molecule has 0 aliphatic carbocycles. The summed E-state index contributed by atoms with van der Waals surface area (Å²) in [6.07, 6.45) is 0.215. The summed E-state index contributed by atoms with van der Waals surface area (Å²) in [6.45, 7) is 0. The SMILES string of the molecule is COc1cccc(NC(=O)CSC2=C(C#N)[C@H](c3ccccc3)CC(=O)N2)c1. The molecule has 7 heteroatoms. The van der Waals surface area contributed by atoms with Gasteiger partial charge in [0.05, 0.1) is 29.5 Å². The highest BCUT2D eigenvalue weighted by Gasteiger charge is 2.29. The van der Waals surface area contributed by atoms with Crippen LogP contribution >= 0.6 is 11.8 Å². The van der Waals surface area contributed by atoms with Crippen molar-refractivity contribution in [2.75, 3.05) is 18.2 Å². The number of anilines is 1. The lowest BCUT2D eigenvalue weighted by molar-refractivity contribution is -0.121. The van der Waals surface area contributed by atoms with E-state index in [-0.39, 0.29) is 29.9 Å². The van der Waals surface area contributed by atoms with Crippen molar-refractivity contribution < 1.29 is 14.3 Å². The molecule has 1 aliphatic rings. The molecule has 0 radical (unpaired) electrons. The Morgan fingerprint density at radius 1 is 1.29 bits per heavy atom. The molecule has 0 fully saturated rings. The van der Waals surface area contributed by atoms with Crippen molar-refractivity contribution in [1.29, 1.82) is 5.26 Å². The maximum absolute atomic E-state index is 12.3. The molecular weight excluding hydrogens is 374 g/mol. The lowest BCUT2D eigenvalue weighted by Crippen LogP contribution is -2.31. The second-order valence-corrected chi connectivity index (χ2v) is 7.12. The molecule has 0 saturated carbocycles. The number of ether oxygens (including phenoxy) is 1. The standard InChI is InChI=1S/C21H19N3O3S/c1-27-16-9-5-8-15(10-16)23-20(26)13-28-21-18(12-22)17(11-19(25)24-21)14-6-3-2-4-7-14/h2-10,17H,11,13H2,1H3,(H,23,26)(H,24,25)/t17-/m0/s1. The van der Waals surface area contributed by atoms with Gasteiger partial charge in [0.1, 0.15) is 5.75 Å². The molecule has 0 spiro atoms. The monoisotopic (exact) mass is 393 g/mol. The third-order valence-electron chi connectivity index (χ3n) is 4.26. The molecule has 0 bridgehead atoms. The molecule has 6 nitrogen and oxygen atoms in total. The van der Waals surface area contributed by atoms with E-state index in [1.807, 2.05) is 30.3 Å². The van der Waals surface area contributed by atoms with Crippen molar-refractivity contribution in [2.45, 2.75) is 12.3 Å². The largest absolute Gasteiger partial charge is 0.497 e. The van der Waals surface area contributed by atoms with Gasteiger partial charge in [0.15, 0.2) is 0 Å². The quantitative estimate of drug-likeness (QED) is 0.785. The smallest absolute Gasteiger partial charge is 0.234 e. The number of carbonyl (C=O) groups excluding carboxylic acids is 2. The van der Waals surface area contributed by atoms with Crippen LogP contribution in [0.15, 0.2) is 65.2 Å². The molecular formula is C21H19N3O3S. The fraction of sp³-hybridized carbons (Fsp3) is 0.190. The Balaban J connectivity index is 1.72. The number of benzene rings is 2. The van der Waals surface area contributed by atoms with Crippen LogP contribution in [0.4, 0.5) is 5.69 Å². The molecule has 28 heavy (non-hydrogen) atoms. The first-order valence-electron chi connectivity index (χ1n) is 8.66. The number of thioether (sulfide) groups is 1. The van der Waals surface area contributed by atoms with Crippen LogP contribution < -0.4 is 15.4 Å². The highest BCUT2D eigenvalue weighted by molar-refractivity contribution is 8.03. The number of nitriles is 1. The number of nitrogens with one attached hydrogen (secondary N) is 2. The van der Waals surface area contributed by atoms with Crippen molar-refractivity contribution in [1.82, 2.24) is 5.32 Å². The molecule has 2 aromatic carbocycles. The van der Waals surface area contributed by atoms with Gasteiger partial charge in [0, 0.05) is 24.1 Å². The molecule has 0 aromatic heterocycles. The third kappa shape index (κ3) is 4.72. The van der Waals surface area contributed by atoms with Crippen LogP contribution in [0.2, 0.25) is 0 Å². The number of methoxy groups -OCH3 is 1. The number of hydrogen-bond acceptors (Lipinski definition) is 5. The van der Waals surface area contributed by atoms with Gasteiger partial charge in [-0.3, -0.25) is 9.59 Å². The molecule has 3 rings (SSSR count). The molecule has 0 unspecified atom stereocenters. The molecule has 1 aliphatic heterocycles. The lowest BCUT2D eigenvalue weighted by atomic mass is 9.87. The highest BCUT2D eigenvalue weighted by Crippen LogP contribution is 2.35. The van der Waals surface area contributed by atoms with E-state index >= 15 is 0 Å². The normalized spacial score (nSPS) is 16.1. The summed E-state index contributed by atoms with van der Waals surface area (Å²) in [7, 11) is 1.56. The lowest BCUT2D eigenvalue weighted by Gasteiger charge is -2.25. The van der Waals surface area contributed by atoms with Crippen molar-refractivity contribution in [3.63, 3.8) is 0 Å². The summed E-state index contributed by atoms with van der Waals surface area (Å²) in [5.74, 6) is 0.0104. The van der Waals surface area contributed by atoms with E-state index in [1.165, 1.54) is 0 Å². The predicted octanol–water partition coefficient (Wildman–Crippen LogP) is 3.41. The Bertz CT molecular complexity index is 951. The van der Waals surface area contributed by atoms with Gasteiger partial charge in [0.2, 0.25) is 11.8 Å². The molecule has 0 saturated heterocycles. The van der Waals surface area contributed by atoms with Crippen molar-refractivity contribution >= 4 is 29.3 Å². The van der Waals surface area contributed by atoms with E-state index in [9.17, 15) is 14.9 Å². The van der Waals surface area contributed by atoms with Gasteiger partial charge in [-0.05, 0) is 17.7 Å². The zero-order valence-corrected chi connectivity index (χ0v) is 16.1. The Morgan fingerprint density at radius 2 is 2.07 bits per heavy atom. The summed E-state index contributed by atoms with van der Waals surface area (Å²) >= 11 is 1.15. The maximum atomic E-state index is 12.3. The summed E-state index contributed by atoms with van der Waals surface area (Å²) in [4.78, 5) is 24.4. The second kappa shape index (κ2) is 9.11. The summed E-state index contributed by atoms with van der Waals surface area (Å²) in [5, 5.41) is 15.6. The number of nitrogens with zero attached hydrogens (tertiary/aromatic N) is 1. The van der Waals surface area contributed by atoms with E-state index in [1.54, 1.807) is 31.4 Å². The number of amides is 2. The van der Waals surface area contributed by atoms with Crippen molar-refractivity contribution in [3.05, 3.63) is 70.8 Å². The van der Waals surface area contributed by atoms with E-state index in [0.717, 1.165) is 17.3 Å². The van der Waals surface area contributed by atoms with Gasteiger partial charge in [0.25, 0.3) is 0 Å². The Hall–Kier alpha value is -3.24. The number of carbonyl (C=O) groups is 2. The van der Waals surface area contributed by atoms with Crippen LogP contribution in [-0.4, -0.2) is 24.7 Å². The van der Waals surface area contributed by atoms with Crippen LogP contribution in [0.1, 0.15) is 17.9 Å². The minimum absolute atomic E-state index is 0.0690. The second-order valence-electron chi connectivity index (χ2n) is 6.14. The average Bonchev–Trinajstić information content (AvgIpc) is 2.72. The minimum Gasteiger partial charge on any atom is -0.497 e. The third-order valence-corrected chi connectivity index (χ3v) is 5.28. The number of rotatable bonds is 6. The van der Waals surface area contributed by atoms with Gasteiger partial charge in [-0.25, -0.2) is 0 Å². The van der Waals surface area contributed by atoms with Crippen LogP contribution in [0.3, 0.4) is 0 Å². The Kier molecular flexibility index (Phi) is 6.35. The first kappa shape index (κ1) is 19.5.